The Bertz CT molecular complexity index is 482. The highest BCUT2D eigenvalue weighted by Gasteiger charge is 2.26. The van der Waals surface area contributed by atoms with Crippen molar-refractivity contribution < 1.29 is 18.7 Å². The van der Waals surface area contributed by atoms with Gasteiger partial charge in [0.2, 0.25) is 0 Å². The van der Waals surface area contributed by atoms with Crippen LogP contribution in [0.4, 0.5) is 10.1 Å². The van der Waals surface area contributed by atoms with E-state index in [9.17, 15) is 9.18 Å². The summed E-state index contributed by atoms with van der Waals surface area (Å²) in [6.07, 6.45) is 0.0779. The Morgan fingerprint density at radius 2 is 2.05 bits per heavy atom. The zero-order valence-electron chi connectivity index (χ0n) is 12.1. The predicted molar refractivity (Wildman–Crippen MR) is 74.6 cm³/mol. The number of carbonyl (C=O) groups excluding carboxylic acids is 1. The summed E-state index contributed by atoms with van der Waals surface area (Å²) in [7, 11) is 0. The number of nitrogens with zero attached hydrogens (tertiary/aromatic N) is 1. The second-order valence-corrected chi connectivity index (χ2v) is 5.04. The molecule has 0 N–H and O–H groups in total. The summed E-state index contributed by atoms with van der Waals surface area (Å²) >= 11 is 0. The van der Waals surface area contributed by atoms with Crippen molar-refractivity contribution in [3.8, 4) is 0 Å². The van der Waals surface area contributed by atoms with E-state index < -0.39 is 5.97 Å². The number of hydrogen-bond donors (Lipinski definition) is 0. The number of benzene rings is 1. The van der Waals surface area contributed by atoms with Crippen molar-refractivity contribution >= 4 is 11.7 Å². The van der Waals surface area contributed by atoms with Gasteiger partial charge in [0, 0.05) is 13.1 Å². The Morgan fingerprint density at radius 1 is 1.40 bits per heavy atom. The van der Waals surface area contributed by atoms with Gasteiger partial charge < -0.3 is 14.4 Å². The average Bonchev–Trinajstić information content (AvgIpc) is 2.37. The van der Waals surface area contributed by atoms with E-state index in [0.717, 1.165) is 0 Å². The molecule has 0 aliphatic carbocycles. The van der Waals surface area contributed by atoms with Gasteiger partial charge in [0.1, 0.15) is 5.82 Å². The van der Waals surface area contributed by atoms with Crippen molar-refractivity contribution in [3.63, 3.8) is 0 Å². The smallest absolute Gasteiger partial charge is 0.340 e. The Morgan fingerprint density at radius 3 is 2.65 bits per heavy atom. The molecule has 1 aromatic carbocycles. The van der Waals surface area contributed by atoms with Gasteiger partial charge >= 0.3 is 5.97 Å². The summed E-state index contributed by atoms with van der Waals surface area (Å²) in [6, 6.07) is 4.15. The van der Waals surface area contributed by atoms with Gasteiger partial charge in [-0.3, -0.25) is 0 Å². The van der Waals surface area contributed by atoms with E-state index in [1.165, 1.54) is 18.2 Å². The molecule has 1 heterocycles. The van der Waals surface area contributed by atoms with E-state index in [1.54, 1.807) is 6.92 Å². The summed E-state index contributed by atoms with van der Waals surface area (Å²) in [5.41, 5.74) is 0.972. The highest BCUT2D eigenvalue weighted by atomic mass is 19.1. The number of halogens is 1. The topological polar surface area (TPSA) is 38.8 Å². The van der Waals surface area contributed by atoms with Crippen molar-refractivity contribution in [2.75, 3.05) is 24.6 Å². The molecular weight excluding hydrogens is 261 g/mol. The first kappa shape index (κ1) is 14.8. The van der Waals surface area contributed by atoms with Crippen molar-refractivity contribution in [1.29, 1.82) is 0 Å². The van der Waals surface area contributed by atoms with Gasteiger partial charge in [-0.1, -0.05) is 0 Å². The van der Waals surface area contributed by atoms with E-state index in [0.29, 0.717) is 30.9 Å². The molecule has 1 fully saturated rings. The van der Waals surface area contributed by atoms with E-state index in [4.69, 9.17) is 9.47 Å². The van der Waals surface area contributed by atoms with Crippen LogP contribution in [-0.2, 0) is 9.47 Å². The molecule has 0 bridgehead atoms. The number of rotatable bonds is 3. The molecule has 0 radical (unpaired) electrons. The molecule has 1 aromatic rings. The van der Waals surface area contributed by atoms with Crippen molar-refractivity contribution in [1.82, 2.24) is 0 Å². The lowest BCUT2D eigenvalue weighted by atomic mass is 10.1. The van der Waals surface area contributed by atoms with Crippen molar-refractivity contribution in [2.24, 2.45) is 0 Å². The zero-order valence-corrected chi connectivity index (χ0v) is 12.1. The SMILES string of the molecule is CCOC(=O)c1ccc(F)cc1N1CC(C)OC(C)C1. The van der Waals surface area contributed by atoms with E-state index >= 15 is 0 Å². The minimum absolute atomic E-state index is 0.0389. The maximum atomic E-state index is 13.5. The number of anilines is 1. The normalized spacial score (nSPS) is 22.7. The first-order valence-electron chi connectivity index (χ1n) is 6.88. The van der Waals surface area contributed by atoms with Crippen LogP contribution in [-0.4, -0.2) is 37.9 Å². The maximum Gasteiger partial charge on any atom is 0.340 e. The molecule has 0 aromatic heterocycles. The van der Waals surface area contributed by atoms with E-state index in [1.807, 2.05) is 18.7 Å². The fraction of sp³-hybridized carbons (Fsp3) is 0.533. The molecule has 1 saturated heterocycles. The number of ether oxygens (including phenoxy) is 2. The molecule has 2 unspecified atom stereocenters. The molecule has 0 amide bonds. The van der Waals surface area contributed by atoms with E-state index in [-0.39, 0.29) is 18.0 Å². The Labute approximate surface area is 118 Å². The van der Waals surface area contributed by atoms with Crippen LogP contribution in [0.25, 0.3) is 0 Å². The minimum atomic E-state index is -0.422. The molecule has 2 rings (SSSR count). The van der Waals surface area contributed by atoms with Crippen molar-refractivity contribution in [3.05, 3.63) is 29.6 Å². The lowest BCUT2D eigenvalue weighted by Crippen LogP contribution is -2.46. The van der Waals surface area contributed by atoms with Gasteiger partial charge in [0.05, 0.1) is 30.1 Å². The monoisotopic (exact) mass is 281 g/mol. The van der Waals surface area contributed by atoms with Crippen LogP contribution in [0.15, 0.2) is 18.2 Å². The highest BCUT2D eigenvalue weighted by molar-refractivity contribution is 5.96. The predicted octanol–water partition coefficient (Wildman–Crippen LogP) is 2.62. The number of carbonyl (C=O) groups is 1. The molecule has 20 heavy (non-hydrogen) atoms. The highest BCUT2D eigenvalue weighted by Crippen LogP contribution is 2.26. The van der Waals surface area contributed by atoms with Gasteiger partial charge in [-0.2, -0.15) is 0 Å². The fourth-order valence-electron chi connectivity index (χ4n) is 2.52. The average molecular weight is 281 g/mol. The molecule has 0 spiro atoms. The minimum Gasteiger partial charge on any atom is -0.462 e. The van der Waals surface area contributed by atoms with Crippen LogP contribution in [0.2, 0.25) is 0 Å². The summed E-state index contributed by atoms with van der Waals surface area (Å²) in [5.74, 6) is -0.783. The van der Waals surface area contributed by atoms with Crippen LogP contribution in [0, 0.1) is 5.82 Å². The molecule has 0 saturated carbocycles. The third-order valence-electron chi connectivity index (χ3n) is 3.22. The van der Waals surface area contributed by atoms with Gasteiger partial charge in [-0.15, -0.1) is 0 Å². The largest absolute Gasteiger partial charge is 0.462 e. The molecule has 110 valence electrons. The second-order valence-electron chi connectivity index (χ2n) is 5.04. The Kier molecular flexibility index (Phi) is 4.60. The lowest BCUT2D eigenvalue weighted by Gasteiger charge is -2.37. The van der Waals surface area contributed by atoms with Crippen LogP contribution >= 0.6 is 0 Å². The van der Waals surface area contributed by atoms with Crippen LogP contribution in [0.3, 0.4) is 0 Å². The summed E-state index contributed by atoms with van der Waals surface area (Å²) in [6.45, 7) is 7.23. The van der Waals surface area contributed by atoms with Crippen LogP contribution in [0.1, 0.15) is 31.1 Å². The molecule has 1 aliphatic rings. The number of esters is 1. The number of hydrogen-bond acceptors (Lipinski definition) is 4. The van der Waals surface area contributed by atoms with Gasteiger partial charge in [0.15, 0.2) is 0 Å². The second kappa shape index (κ2) is 6.22. The zero-order chi connectivity index (χ0) is 14.7. The maximum absolute atomic E-state index is 13.5. The Hall–Kier alpha value is -1.62. The fourth-order valence-corrected chi connectivity index (χ4v) is 2.52. The summed E-state index contributed by atoms with van der Waals surface area (Å²) < 4.78 is 24.2. The lowest BCUT2D eigenvalue weighted by molar-refractivity contribution is -0.00537. The third kappa shape index (κ3) is 3.28. The third-order valence-corrected chi connectivity index (χ3v) is 3.22. The standard InChI is InChI=1S/C15H20FNO3/c1-4-19-15(18)13-6-5-12(16)7-14(13)17-8-10(2)20-11(3)9-17/h5-7,10-11H,4,8-9H2,1-3H3. The number of morpholine rings is 1. The molecule has 4 nitrogen and oxygen atoms in total. The first-order chi connectivity index (χ1) is 9.51. The Balaban J connectivity index is 2.33. The van der Waals surface area contributed by atoms with E-state index in [2.05, 4.69) is 0 Å². The molecule has 2 atom stereocenters. The van der Waals surface area contributed by atoms with Crippen LogP contribution in [0.5, 0.6) is 0 Å². The first-order valence-corrected chi connectivity index (χ1v) is 6.88. The molecular formula is C15H20FNO3. The molecule has 5 heteroatoms. The summed E-state index contributed by atoms with van der Waals surface area (Å²) in [4.78, 5) is 14.0. The van der Waals surface area contributed by atoms with Crippen molar-refractivity contribution in [2.45, 2.75) is 33.0 Å². The quantitative estimate of drug-likeness (QED) is 0.798. The summed E-state index contributed by atoms with van der Waals surface area (Å²) in [5, 5.41) is 0. The molecule has 1 aliphatic heterocycles. The van der Waals surface area contributed by atoms with Gasteiger partial charge in [-0.05, 0) is 39.0 Å². The van der Waals surface area contributed by atoms with Crippen LogP contribution < -0.4 is 4.90 Å². The van der Waals surface area contributed by atoms with Gasteiger partial charge in [0.25, 0.3) is 0 Å². The van der Waals surface area contributed by atoms with Gasteiger partial charge in [-0.25, -0.2) is 9.18 Å².